The maximum absolute atomic E-state index is 12.4. The molecule has 1 saturated carbocycles. The topological polar surface area (TPSA) is 97.1 Å². The van der Waals surface area contributed by atoms with Gasteiger partial charge in [-0.15, -0.1) is 24.8 Å². The summed E-state index contributed by atoms with van der Waals surface area (Å²) in [7, 11) is 0. The van der Waals surface area contributed by atoms with Crippen molar-refractivity contribution in [3.63, 3.8) is 0 Å². The summed E-state index contributed by atoms with van der Waals surface area (Å²) in [6.45, 7) is 1.80. The van der Waals surface area contributed by atoms with Crippen molar-refractivity contribution in [2.24, 2.45) is 17.6 Å². The van der Waals surface area contributed by atoms with Gasteiger partial charge in [-0.05, 0) is 30.5 Å². The van der Waals surface area contributed by atoms with Crippen molar-refractivity contribution in [3.05, 3.63) is 54.2 Å². The standard InChI is InChI=1S/C19H22N4O2.2ClH/c1-12(17(20)13-5-3-2-4-6-13)18(24)22-15-9-10-16(21-11-15)23-19(25)14-7-8-14;;/h2-6,9-12,14,17H,7-8,20H2,1H3,(H,22,24)(H,21,23,25);2*1H. The largest absolute Gasteiger partial charge is 0.324 e. The normalized spacial score (nSPS) is 14.7. The number of nitrogens with one attached hydrogen (secondary N) is 2. The summed E-state index contributed by atoms with van der Waals surface area (Å²) in [6.07, 6.45) is 3.42. The van der Waals surface area contributed by atoms with E-state index in [4.69, 9.17) is 5.73 Å². The number of nitrogens with two attached hydrogens (primary N) is 1. The van der Waals surface area contributed by atoms with E-state index in [-0.39, 0.29) is 48.6 Å². The van der Waals surface area contributed by atoms with E-state index in [9.17, 15) is 9.59 Å². The van der Waals surface area contributed by atoms with Gasteiger partial charge in [0.2, 0.25) is 11.8 Å². The second-order valence-electron chi connectivity index (χ2n) is 6.41. The minimum Gasteiger partial charge on any atom is -0.324 e. The van der Waals surface area contributed by atoms with Crippen LogP contribution in [0.2, 0.25) is 0 Å². The van der Waals surface area contributed by atoms with Crippen LogP contribution in [0.3, 0.4) is 0 Å². The predicted octanol–water partition coefficient (Wildman–Crippen LogP) is 3.55. The molecule has 4 N–H and O–H groups in total. The highest BCUT2D eigenvalue weighted by molar-refractivity contribution is 5.94. The molecule has 2 aromatic rings. The quantitative estimate of drug-likeness (QED) is 0.677. The van der Waals surface area contributed by atoms with E-state index in [1.807, 2.05) is 30.3 Å². The summed E-state index contributed by atoms with van der Waals surface area (Å²) in [5.74, 6) is 0.0572. The Kier molecular flexibility index (Phi) is 8.69. The molecule has 1 aromatic carbocycles. The SMILES string of the molecule is CC(C(=O)Nc1ccc(NC(=O)C2CC2)nc1)C(N)c1ccccc1.Cl.Cl. The zero-order valence-electron chi connectivity index (χ0n) is 14.9. The molecule has 2 unspecified atom stereocenters. The molecule has 1 fully saturated rings. The molecule has 1 aromatic heterocycles. The lowest BCUT2D eigenvalue weighted by Gasteiger charge is -2.19. The number of benzene rings is 1. The molecule has 0 radical (unpaired) electrons. The molecule has 1 heterocycles. The summed E-state index contributed by atoms with van der Waals surface area (Å²) in [4.78, 5) is 28.3. The van der Waals surface area contributed by atoms with Crippen LogP contribution in [0.1, 0.15) is 31.4 Å². The highest BCUT2D eigenvalue weighted by Crippen LogP contribution is 2.30. The van der Waals surface area contributed by atoms with E-state index in [0.717, 1.165) is 18.4 Å². The van der Waals surface area contributed by atoms with Crippen LogP contribution in [0, 0.1) is 11.8 Å². The number of hydrogen-bond acceptors (Lipinski definition) is 4. The number of anilines is 2. The van der Waals surface area contributed by atoms with Gasteiger partial charge in [-0.25, -0.2) is 4.98 Å². The van der Waals surface area contributed by atoms with Crippen molar-refractivity contribution in [2.45, 2.75) is 25.8 Å². The maximum atomic E-state index is 12.4. The number of halogens is 2. The van der Waals surface area contributed by atoms with Crippen LogP contribution in [-0.2, 0) is 9.59 Å². The molecule has 1 aliphatic carbocycles. The van der Waals surface area contributed by atoms with E-state index in [0.29, 0.717) is 11.5 Å². The van der Waals surface area contributed by atoms with Crippen LogP contribution in [0.15, 0.2) is 48.7 Å². The molecule has 0 spiro atoms. The lowest BCUT2D eigenvalue weighted by molar-refractivity contribution is -0.120. The number of amides is 2. The van der Waals surface area contributed by atoms with Crippen molar-refractivity contribution in [2.75, 3.05) is 10.6 Å². The van der Waals surface area contributed by atoms with Gasteiger partial charge in [0.25, 0.3) is 0 Å². The van der Waals surface area contributed by atoms with Gasteiger partial charge in [0.05, 0.1) is 17.8 Å². The van der Waals surface area contributed by atoms with Gasteiger partial charge in [-0.1, -0.05) is 37.3 Å². The van der Waals surface area contributed by atoms with Gasteiger partial charge >= 0.3 is 0 Å². The van der Waals surface area contributed by atoms with Crippen LogP contribution in [-0.4, -0.2) is 16.8 Å². The van der Waals surface area contributed by atoms with Crippen LogP contribution in [0.4, 0.5) is 11.5 Å². The van der Waals surface area contributed by atoms with Crippen LogP contribution in [0.25, 0.3) is 0 Å². The van der Waals surface area contributed by atoms with E-state index in [1.54, 1.807) is 19.1 Å². The third kappa shape index (κ3) is 6.20. The molecule has 0 aliphatic heterocycles. The van der Waals surface area contributed by atoms with E-state index in [1.165, 1.54) is 6.20 Å². The van der Waals surface area contributed by atoms with Crippen molar-refractivity contribution in [1.29, 1.82) is 0 Å². The molecule has 6 nitrogen and oxygen atoms in total. The third-order valence-corrected chi connectivity index (χ3v) is 4.37. The monoisotopic (exact) mass is 410 g/mol. The molecule has 2 amide bonds. The summed E-state index contributed by atoms with van der Waals surface area (Å²) in [5, 5.41) is 5.58. The Hall–Kier alpha value is -2.15. The minimum atomic E-state index is -0.392. The second-order valence-corrected chi connectivity index (χ2v) is 6.41. The number of rotatable bonds is 6. The Morgan fingerprint density at radius 2 is 1.74 bits per heavy atom. The highest BCUT2D eigenvalue weighted by atomic mass is 35.5. The zero-order valence-corrected chi connectivity index (χ0v) is 16.6. The number of nitrogens with zero attached hydrogens (tertiary/aromatic N) is 1. The molecule has 3 rings (SSSR count). The number of carbonyl (C=O) groups excluding carboxylic acids is 2. The first-order valence-electron chi connectivity index (χ1n) is 8.43. The Morgan fingerprint density at radius 3 is 2.30 bits per heavy atom. The second kappa shape index (κ2) is 10.3. The van der Waals surface area contributed by atoms with Crippen LogP contribution >= 0.6 is 24.8 Å². The molecule has 27 heavy (non-hydrogen) atoms. The lowest BCUT2D eigenvalue weighted by Crippen LogP contribution is -2.30. The highest BCUT2D eigenvalue weighted by Gasteiger charge is 2.29. The third-order valence-electron chi connectivity index (χ3n) is 4.37. The molecule has 8 heteroatoms. The van der Waals surface area contributed by atoms with Crippen LogP contribution in [0.5, 0.6) is 0 Å². The van der Waals surface area contributed by atoms with Gasteiger partial charge in [0.1, 0.15) is 5.82 Å². The minimum absolute atomic E-state index is 0. The van der Waals surface area contributed by atoms with Crippen molar-refractivity contribution < 1.29 is 9.59 Å². The van der Waals surface area contributed by atoms with Crippen molar-refractivity contribution in [1.82, 2.24) is 4.98 Å². The molecular weight excluding hydrogens is 387 g/mol. The van der Waals surface area contributed by atoms with E-state index < -0.39 is 5.92 Å². The average molecular weight is 411 g/mol. The lowest BCUT2D eigenvalue weighted by atomic mass is 9.94. The van der Waals surface area contributed by atoms with Gasteiger partial charge in [0.15, 0.2) is 0 Å². The summed E-state index contributed by atoms with van der Waals surface area (Å²) in [6, 6.07) is 12.5. The Labute approximate surface area is 171 Å². The predicted molar refractivity (Wildman–Crippen MR) is 111 cm³/mol. The molecule has 1 aliphatic rings. The fourth-order valence-corrected chi connectivity index (χ4v) is 2.50. The van der Waals surface area contributed by atoms with Gasteiger partial charge < -0.3 is 16.4 Å². The molecule has 146 valence electrons. The van der Waals surface area contributed by atoms with Crippen LogP contribution < -0.4 is 16.4 Å². The Bertz CT molecular complexity index is 752. The molecular formula is C19H24Cl2N4O2. The average Bonchev–Trinajstić information content (AvgIpc) is 3.48. The fraction of sp³-hybridized carbons (Fsp3) is 0.316. The fourth-order valence-electron chi connectivity index (χ4n) is 2.50. The smallest absolute Gasteiger partial charge is 0.229 e. The Morgan fingerprint density at radius 1 is 1.07 bits per heavy atom. The summed E-state index contributed by atoms with van der Waals surface area (Å²) >= 11 is 0. The maximum Gasteiger partial charge on any atom is 0.229 e. The van der Waals surface area contributed by atoms with E-state index >= 15 is 0 Å². The van der Waals surface area contributed by atoms with Gasteiger partial charge in [0, 0.05) is 12.0 Å². The zero-order chi connectivity index (χ0) is 17.8. The molecule has 0 saturated heterocycles. The van der Waals surface area contributed by atoms with E-state index in [2.05, 4.69) is 15.6 Å². The van der Waals surface area contributed by atoms with Crippen molar-refractivity contribution in [3.8, 4) is 0 Å². The first kappa shape index (κ1) is 22.9. The van der Waals surface area contributed by atoms with Gasteiger partial charge in [-0.2, -0.15) is 0 Å². The summed E-state index contributed by atoms with van der Waals surface area (Å²) < 4.78 is 0. The molecule has 0 bridgehead atoms. The number of carbonyl (C=O) groups is 2. The first-order valence-corrected chi connectivity index (χ1v) is 8.43. The van der Waals surface area contributed by atoms with Crippen molar-refractivity contribution >= 4 is 48.1 Å². The van der Waals surface area contributed by atoms with Gasteiger partial charge in [-0.3, -0.25) is 9.59 Å². The number of pyridine rings is 1. The molecule has 2 atom stereocenters. The number of hydrogen-bond donors (Lipinski definition) is 3. The Balaban J connectivity index is 0.00000182. The number of aromatic nitrogens is 1. The summed E-state index contributed by atoms with van der Waals surface area (Å²) in [5.41, 5.74) is 7.67. The first-order chi connectivity index (χ1) is 12.0.